The van der Waals surface area contributed by atoms with E-state index in [2.05, 4.69) is 21.1 Å². The van der Waals surface area contributed by atoms with E-state index < -0.39 is 40.0 Å². The molecule has 1 saturated heterocycles. The third-order valence-electron chi connectivity index (χ3n) is 6.36. The summed E-state index contributed by atoms with van der Waals surface area (Å²) in [5.41, 5.74) is 2.79. The zero-order valence-electron chi connectivity index (χ0n) is 20.9. The summed E-state index contributed by atoms with van der Waals surface area (Å²) in [4.78, 5) is 2.68. The van der Waals surface area contributed by atoms with Crippen LogP contribution in [-0.2, 0) is 19.0 Å². The van der Waals surface area contributed by atoms with Gasteiger partial charge in [-0.1, -0.05) is 89.1 Å². The summed E-state index contributed by atoms with van der Waals surface area (Å²) < 4.78 is 70.4. The number of ether oxygens (including phenoxy) is 1. The molecule has 0 aromatic heterocycles. The summed E-state index contributed by atoms with van der Waals surface area (Å²) in [5.74, 6) is -0.0502. The Hall–Kier alpha value is -1.03. The maximum atomic E-state index is 12.6. The predicted molar refractivity (Wildman–Crippen MR) is 127 cm³/mol. The van der Waals surface area contributed by atoms with Crippen molar-refractivity contribution in [3.8, 4) is 0 Å². The van der Waals surface area contributed by atoms with Crippen LogP contribution in [0.15, 0.2) is 5.11 Å². The van der Waals surface area contributed by atoms with Gasteiger partial charge in [-0.05, 0) is 38.1 Å². The van der Waals surface area contributed by atoms with Crippen LogP contribution in [0.2, 0.25) is 0 Å². The molecule has 1 heterocycles. The highest BCUT2D eigenvalue weighted by molar-refractivity contribution is 7.87. The lowest BCUT2D eigenvalue weighted by Gasteiger charge is -2.25. The molecule has 11 heteroatoms. The van der Waals surface area contributed by atoms with E-state index in [4.69, 9.17) is 10.3 Å². The van der Waals surface area contributed by atoms with Crippen LogP contribution in [0.5, 0.6) is 0 Å². The van der Waals surface area contributed by atoms with Gasteiger partial charge in [-0.15, -0.1) is 0 Å². The molecule has 7 nitrogen and oxygen atoms in total. The topological polar surface area (TPSA) is 101 Å². The monoisotopic (exact) mass is 513 g/mol. The highest BCUT2D eigenvalue weighted by Crippen LogP contribution is 2.40. The number of nitrogens with zero attached hydrogens (tertiary/aromatic N) is 3. The molecule has 0 aliphatic carbocycles. The first-order chi connectivity index (χ1) is 15.9. The second-order valence-electron chi connectivity index (χ2n) is 9.94. The molecule has 1 rings (SSSR count). The van der Waals surface area contributed by atoms with E-state index in [1.54, 1.807) is 0 Å². The van der Waals surface area contributed by atoms with Gasteiger partial charge < -0.3 is 4.74 Å². The Labute approximate surface area is 202 Å². The molecule has 1 aliphatic heterocycles. The molecular formula is C23H42F3N3O4S. The lowest BCUT2D eigenvalue weighted by molar-refractivity contribution is -0.0596. The van der Waals surface area contributed by atoms with Gasteiger partial charge >= 0.3 is 15.6 Å². The molecule has 0 bridgehead atoms. The summed E-state index contributed by atoms with van der Waals surface area (Å²) in [6.07, 6.45) is 15.4. The smallest absolute Gasteiger partial charge is 0.372 e. The van der Waals surface area contributed by atoms with E-state index in [9.17, 15) is 21.6 Å². The average molecular weight is 514 g/mol. The second kappa shape index (κ2) is 15.2. The predicted octanol–water partition coefficient (Wildman–Crippen LogP) is 7.81. The van der Waals surface area contributed by atoms with Crippen molar-refractivity contribution >= 4 is 10.1 Å². The van der Waals surface area contributed by atoms with Crippen LogP contribution < -0.4 is 0 Å². The Morgan fingerprint density at radius 3 is 2.00 bits per heavy atom. The summed E-state index contributed by atoms with van der Waals surface area (Å²) in [5, 5.41) is 3.52. The SMILES string of the molecule is CCCCCCCCCCCCCC[C@@H]1CC(C)(C)O[C@H]1[C@H](COS(=O)(=O)C(F)(F)F)N=[N+]=[N-]. The molecule has 0 unspecified atom stereocenters. The summed E-state index contributed by atoms with van der Waals surface area (Å²) in [6.45, 7) is 5.05. The van der Waals surface area contributed by atoms with E-state index in [-0.39, 0.29) is 5.92 Å². The van der Waals surface area contributed by atoms with Crippen molar-refractivity contribution in [1.82, 2.24) is 0 Å². The van der Waals surface area contributed by atoms with Gasteiger partial charge in [0.25, 0.3) is 0 Å². The van der Waals surface area contributed by atoms with Crippen LogP contribution in [0.1, 0.15) is 111 Å². The van der Waals surface area contributed by atoms with Crippen LogP contribution in [0.25, 0.3) is 10.4 Å². The van der Waals surface area contributed by atoms with Crippen molar-refractivity contribution in [3.05, 3.63) is 10.4 Å². The quantitative estimate of drug-likeness (QED) is 0.0466. The maximum Gasteiger partial charge on any atom is 0.523 e. The molecule has 0 radical (unpaired) electrons. The number of azide groups is 1. The molecule has 0 spiro atoms. The van der Waals surface area contributed by atoms with E-state index in [0.29, 0.717) is 6.42 Å². The van der Waals surface area contributed by atoms with Gasteiger partial charge in [-0.2, -0.15) is 21.6 Å². The molecule has 3 atom stereocenters. The molecule has 0 N–H and O–H groups in total. The van der Waals surface area contributed by atoms with Crippen molar-refractivity contribution in [2.24, 2.45) is 11.0 Å². The highest BCUT2D eigenvalue weighted by atomic mass is 32.2. The minimum atomic E-state index is -5.77. The van der Waals surface area contributed by atoms with Gasteiger partial charge in [-0.25, -0.2) is 0 Å². The minimum Gasteiger partial charge on any atom is -0.372 e. The standard InChI is InChI=1S/C23H42F3N3O4S/c1-4-5-6-7-8-9-10-11-12-13-14-15-16-19-17-22(2,3)33-21(19)20(28-29-27)18-32-34(30,31)23(24,25)26/h19-21H,4-18H2,1-3H3/t19-,20+,21-/m1/s1. The summed E-state index contributed by atoms with van der Waals surface area (Å²) in [7, 11) is -5.77. The number of rotatable bonds is 18. The van der Waals surface area contributed by atoms with Gasteiger partial charge in [0, 0.05) is 4.91 Å². The zero-order chi connectivity index (χ0) is 25.7. The Kier molecular flexibility index (Phi) is 13.8. The van der Waals surface area contributed by atoms with Gasteiger partial charge in [0.1, 0.15) is 0 Å². The number of unbranched alkanes of at least 4 members (excludes halogenated alkanes) is 11. The summed E-state index contributed by atoms with van der Waals surface area (Å²) in [6, 6.07) is -1.16. The fourth-order valence-electron chi connectivity index (χ4n) is 4.65. The molecule has 0 aromatic carbocycles. The normalized spacial score (nSPS) is 21.4. The molecule has 34 heavy (non-hydrogen) atoms. The Morgan fingerprint density at radius 2 is 1.53 bits per heavy atom. The maximum absolute atomic E-state index is 12.6. The molecule has 200 valence electrons. The Morgan fingerprint density at radius 1 is 1.03 bits per heavy atom. The third kappa shape index (κ3) is 11.6. The van der Waals surface area contributed by atoms with Gasteiger partial charge in [0.15, 0.2) is 0 Å². The highest BCUT2D eigenvalue weighted by Gasteiger charge is 2.49. The van der Waals surface area contributed by atoms with Crippen LogP contribution in [0.4, 0.5) is 13.2 Å². The minimum absolute atomic E-state index is 0.0502. The number of hydrogen-bond donors (Lipinski definition) is 0. The first-order valence-electron chi connectivity index (χ1n) is 12.6. The molecule has 0 aromatic rings. The zero-order valence-corrected chi connectivity index (χ0v) is 21.7. The van der Waals surface area contributed by atoms with Crippen LogP contribution in [0, 0.1) is 5.92 Å². The second-order valence-corrected chi connectivity index (χ2v) is 11.5. The average Bonchev–Trinajstić information content (AvgIpc) is 3.05. The van der Waals surface area contributed by atoms with Crippen molar-refractivity contribution in [2.45, 2.75) is 134 Å². The fourth-order valence-corrected chi connectivity index (χ4v) is 5.11. The van der Waals surface area contributed by atoms with E-state index >= 15 is 0 Å². The van der Waals surface area contributed by atoms with Gasteiger partial charge in [-0.3, -0.25) is 4.18 Å². The molecular weight excluding hydrogens is 471 g/mol. The van der Waals surface area contributed by atoms with Crippen molar-refractivity contribution in [1.29, 1.82) is 0 Å². The fraction of sp³-hybridized carbons (Fsp3) is 1.00. The van der Waals surface area contributed by atoms with Crippen molar-refractivity contribution in [2.75, 3.05) is 6.61 Å². The van der Waals surface area contributed by atoms with Crippen LogP contribution in [-0.4, -0.2) is 38.3 Å². The third-order valence-corrected chi connectivity index (χ3v) is 7.37. The molecule has 0 amide bonds. The summed E-state index contributed by atoms with van der Waals surface area (Å²) >= 11 is 0. The Balaban J connectivity index is 2.44. The molecule has 1 fully saturated rings. The largest absolute Gasteiger partial charge is 0.523 e. The van der Waals surface area contributed by atoms with Gasteiger partial charge in [0.05, 0.1) is 24.4 Å². The van der Waals surface area contributed by atoms with E-state index in [0.717, 1.165) is 25.7 Å². The van der Waals surface area contributed by atoms with E-state index in [1.165, 1.54) is 57.8 Å². The van der Waals surface area contributed by atoms with Crippen molar-refractivity contribution in [3.63, 3.8) is 0 Å². The molecule has 1 aliphatic rings. The first kappa shape index (κ1) is 31.0. The number of hydrogen-bond acceptors (Lipinski definition) is 5. The van der Waals surface area contributed by atoms with Crippen LogP contribution >= 0.6 is 0 Å². The van der Waals surface area contributed by atoms with Gasteiger partial charge in [0.2, 0.25) is 0 Å². The number of halogens is 3. The van der Waals surface area contributed by atoms with E-state index in [1.807, 2.05) is 13.8 Å². The van der Waals surface area contributed by atoms with Crippen LogP contribution in [0.3, 0.4) is 0 Å². The lowest BCUT2D eigenvalue weighted by Crippen LogP contribution is -2.37. The number of alkyl halides is 3. The molecule has 0 saturated carbocycles. The van der Waals surface area contributed by atoms with Crippen molar-refractivity contribution < 1.29 is 30.5 Å². The lowest BCUT2D eigenvalue weighted by atomic mass is 9.87. The Bertz CT molecular complexity index is 725. The first-order valence-corrected chi connectivity index (χ1v) is 14.0.